The Morgan fingerprint density at radius 1 is 0.909 bits per heavy atom. The van der Waals surface area contributed by atoms with E-state index in [0.717, 1.165) is 39.3 Å². The summed E-state index contributed by atoms with van der Waals surface area (Å²) in [5.74, 6) is -0.304. The van der Waals surface area contributed by atoms with Gasteiger partial charge in [-0.2, -0.15) is 0 Å². The van der Waals surface area contributed by atoms with Crippen molar-refractivity contribution in [3.8, 4) is 0 Å². The van der Waals surface area contributed by atoms with Gasteiger partial charge in [-0.3, -0.25) is 19.4 Å². The van der Waals surface area contributed by atoms with Gasteiger partial charge in [0.15, 0.2) is 0 Å². The van der Waals surface area contributed by atoms with Gasteiger partial charge in [0, 0.05) is 43.3 Å². The van der Waals surface area contributed by atoms with Crippen LogP contribution in [0.15, 0.2) is 78.0 Å². The average molecular weight is 467 g/mol. The number of sulfonamides is 1. The first-order valence-electron chi connectivity index (χ1n) is 10.7. The number of nitrogens with zero attached hydrogens (tertiary/aromatic N) is 2. The van der Waals surface area contributed by atoms with E-state index in [1.807, 2.05) is 24.3 Å². The number of aromatic nitrogens is 1. The zero-order chi connectivity index (χ0) is 23.1. The van der Waals surface area contributed by atoms with E-state index < -0.39 is 10.0 Å². The number of amides is 1. The molecule has 1 aromatic heterocycles. The van der Waals surface area contributed by atoms with E-state index in [2.05, 4.69) is 19.9 Å². The lowest BCUT2D eigenvalue weighted by molar-refractivity contribution is 0.0384. The molecule has 2 aromatic carbocycles. The highest BCUT2D eigenvalue weighted by molar-refractivity contribution is 7.92. The SMILES string of the molecule is O=C(Nc1ccc(CCN2CCOCC2)cc1)c1ccc(S(=O)(=O)Nc2ccncc2)cc1. The molecule has 8 nitrogen and oxygen atoms in total. The number of pyridine rings is 1. The first kappa shape index (κ1) is 22.9. The van der Waals surface area contributed by atoms with E-state index in [1.165, 1.54) is 42.2 Å². The topological polar surface area (TPSA) is 101 Å². The van der Waals surface area contributed by atoms with Gasteiger partial charge in [0.25, 0.3) is 15.9 Å². The van der Waals surface area contributed by atoms with Crippen LogP contribution in [0.3, 0.4) is 0 Å². The lowest BCUT2D eigenvalue weighted by Gasteiger charge is -2.26. The van der Waals surface area contributed by atoms with Gasteiger partial charge < -0.3 is 10.1 Å². The second-order valence-electron chi connectivity index (χ2n) is 7.72. The monoisotopic (exact) mass is 466 g/mol. The van der Waals surface area contributed by atoms with Crippen molar-refractivity contribution in [1.29, 1.82) is 0 Å². The molecule has 2 heterocycles. The van der Waals surface area contributed by atoms with E-state index in [1.54, 1.807) is 12.1 Å². The Labute approximate surface area is 193 Å². The van der Waals surface area contributed by atoms with Crippen molar-refractivity contribution in [1.82, 2.24) is 9.88 Å². The Morgan fingerprint density at radius 2 is 1.58 bits per heavy atom. The number of carbonyl (C=O) groups is 1. The summed E-state index contributed by atoms with van der Waals surface area (Å²) in [6.45, 7) is 4.50. The Morgan fingerprint density at radius 3 is 2.24 bits per heavy atom. The Kier molecular flexibility index (Phi) is 7.33. The summed E-state index contributed by atoms with van der Waals surface area (Å²) in [7, 11) is -3.75. The van der Waals surface area contributed by atoms with Crippen molar-refractivity contribution < 1.29 is 17.9 Å². The highest BCUT2D eigenvalue weighted by Gasteiger charge is 2.15. The average Bonchev–Trinajstić information content (AvgIpc) is 2.85. The molecule has 0 unspecified atom stereocenters. The molecule has 0 bridgehead atoms. The molecule has 0 spiro atoms. The van der Waals surface area contributed by atoms with E-state index in [9.17, 15) is 13.2 Å². The van der Waals surface area contributed by atoms with Gasteiger partial charge in [0.1, 0.15) is 0 Å². The predicted octanol–water partition coefficient (Wildman–Crippen LogP) is 3.01. The van der Waals surface area contributed by atoms with Gasteiger partial charge in [0.05, 0.1) is 23.8 Å². The van der Waals surface area contributed by atoms with Crippen molar-refractivity contribution in [2.24, 2.45) is 0 Å². The smallest absolute Gasteiger partial charge is 0.261 e. The second kappa shape index (κ2) is 10.6. The Bertz CT molecular complexity index is 1160. The van der Waals surface area contributed by atoms with Crippen molar-refractivity contribution in [2.45, 2.75) is 11.3 Å². The fourth-order valence-corrected chi connectivity index (χ4v) is 4.55. The van der Waals surface area contributed by atoms with Gasteiger partial charge in [0.2, 0.25) is 0 Å². The number of carbonyl (C=O) groups excluding carboxylic acids is 1. The number of hydrogen-bond donors (Lipinski definition) is 2. The minimum Gasteiger partial charge on any atom is -0.379 e. The lowest BCUT2D eigenvalue weighted by Crippen LogP contribution is -2.37. The molecule has 0 aliphatic carbocycles. The van der Waals surface area contributed by atoms with E-state index in [0.29, 0.717) is 16.9 Å². The van der Waals surface area contributed by atoms with Crippen LogP contribution in [0.2, 0.25) is 0 Å². The third-order valence-corrected chi connectivity index (χ3v) is 6.79. The molecule has 1 saturated heterocycles. The summed E-state index contributed by atoms with van der Waals surface area (Å²) in [5, 5.41) is 2.85. The lowest BCUT2D eigenvalue weighted by atomic mass is 10.1. The third-order valence-electron chi connectivity index (χ3n) is 5.39. The molecule has 172 valence electrons. The first-order valence-corrected chi connectivity index (χ1v) is 12.2. The minimum atomic E-state index is -3.75. The normalized spacial score (nSPS) is 14.5. The Balaban J connectivity index is 1.32. The number of hydrogen-bond acceptors (Lipinski definition) is 6. The molecular weight excluding hydrogens is 440 g/mol. The summed E-state index contributed by atoms with van der Waals surface area (Å²) in [6, 6.07) is 16.7. The summed E-state index contributed by atoms with van der Waals surface area (Å²) >= 11 is 0. The quantitative estimate of drug-likeness (QED) is 0.529. The molecule has 2 N–H and O–H groups in total. The molecule has 4 rings (SSSR count). The zero-order valence-corrected chi connectivity index (χ0v) is 18.9. The summed E-state index contributed by atoms with van der Waals surface area (Å²) in [6.07, 6.45) is 3.95. The van der Waals surface area contributed by atoms with Crippen molar-refractivity contribution >= 4 is 27.3 Å². The third kappa shape index (κ3) is 6.38. The molecule has 0 atom stereocenters. The number of ether oxygens (including phenoxy) is 1. The van der Waals surface area contributed by atoms with Gasteiger partial charge in [-0.05, 0) is 60.5 Å². The van der Waals surface area contributed by atoms with Gasteiger partial charge in [-0.25, -0.2) is 8.42 Å². The van der Waals surface area contributed by atoms with E-state index in [4.69, 9.17) is 4.74 Å². The van der Waals surface area contributed by atoms with E-state index >= 15 is 0 Å². The van der Waals surface area contributed by atoms with Crippen molar-refractivity contribution in [3.63, 3.8) is 0 Å². The molecule has 0 radical (unpaired) electrons. The van der Waals surface area contributed by atoms with Crippen molar-refractivity contribution in [2.75, 3.05) is 42.9 Å². The van der Waals surface area contributed by atoms with Crippen LogP contribution in [0.25, 0.3) is 0 Å². The first-order chi connectivity index (χ1) is 16.0. The fraction of sp³-hybridized carbons (Fsp3) is 0.250. The largest absolute Gasteiger partial charge is 0.379 e. The second-order valence-corrected chi connectivity index (χ2v) is 9.40. The van der Waals surface area contributed by atoms with E-state index in [-0.39, 0.29) is 10.8 Å². The molecule has 9 heteroatoms. The van der Waals surface area contributed by atoms with Crippen LogP contribution < -0.4 is 10.0 Å². The number of morpholine rings is 1. The van der Waals surface area contributed by atoms with Crippen LogP contribution in [0, 0.1) is 0 Å². The summed E-state index contributed by atoms with van der Waals surface area (Å²) in [5.41, 5.74) is 2.68. The maximum atomic E-state index is 12.6. The van der Waals surface area contributed by atoms with Crippen LogP contribution in [0.4, 0.5) is 11.4 Å². The van der Waals surface area contributed by atoms with Crippen LogP contribution in [-0.4, -0.2) is 57.1 Å². The molecule has 1 aliphatic rings. The number of anilines is 2. The zero-order valence-electron chi connectivity index (χ0n) is 18.1. The molecular formula is C24H26N4O4S. The Hall–Kier alpha value is -3.27. The van der Waals surface area contributed by atoms with Crippen molar-refractivity contribution in [3.05, 3.63) is 84.2 Å². The predicted molar refractivity (Wildman–Crippen MR) is 127 cm³/mol. The van der Waals surface area contributed by atoms with Crippen LogP contribution >= 0.6 is 0 Å². The highest BCUT2D eigenvalue weighted by Crippen LogP contribution is 2.17. The maximum Gasteiger partial charge on any atom is 0.261 e. The molecule has 1 amide bonds. The van der Waals surface area contributed by atoms with Gasteiger partial charge in [-0.1, -0.05) is 12.1 Å². The maximum absolute atomic E-state index is 12.6. The van der Waals surface area contributed by atoms with Crippen LogP contribution in [0.5, 0.6) is 0 Å². The molecule has 3 aromatic rings. The molecule has 1 fully saturated rings. The summed E-state index contributed by atoms with van der Waals surface area (Å²) in [4.78, 5) is 18.9. The molecule has 0 saturated carbocycles. The van der Waals surface area contributed by atoms with Gasteiger partial charge in [-0.15, -0.1) is 0 Å². The standard InChI is InChI=1S/C24H26N4O4S/c29-24(26-21-5-1-19(2-6-21)11-14-28-15-17-32-18-16-28)20-3-7-23(8-4-20)33(30,31)27-22-9-12-25-13-10-22/h1-10,12-13H,11,14-18H2,(H,25,27)(H,26,29). The number of benzene rings is 2. The van der Waals surface area contributed by atoms with Gasteiger partial charge >= 0.3 is 0 Å². The highest BCUT2D eigenvalue weighted by atomic mass is 32.2. The number of rotatable bonds is 8. The summed E-state index contributed by atoms with van der Waals surface area (Å²) < 4.78 is 32.9. The van der Waals surface area contributed by atoms with Crippen LogP contribution in [0.1, 0.15) is 15.9 Å². The molecule has 33 heavy (non-hydrogen) atoms. The molecule has 1 aliphatic heterocycles. The minimum absolute atomic E-state index is 0.0699. The fourth-order valence-electron chi connectivity index (χ4n) is 3.49. The number of nitrogens with one attached hydrogen (secondary N) is 2. The van der Waals surface area contributed by atoms with Crippen LogP contribution in [-0.2, 0) is 21.2 Å².